The van der Waals surface area contributed by atoms with Crippen LogP contribution in [0.15, 0.2) is 12.1 Å². The summed E-state index contributed by atoms with van der Waals surface area (Å²) in [5.41, 5.74) is 6.34. The molecular weight excluding hydrogens is 182 g/mol. The van der Waals surface area contributed by atoms with Crippen LogP contribution < -0.4 is 5.73 Å². The molecule has 78 valence electrons. The van der Waals surface area contributed by atoms with Gasteiger partial charge in [-0.1, -0.05) is 13.8 Å². The van der Waals surface area contributed by atoms with Crippen molar-refractivity contribution >= 4 is 11.7 Å². The van der Waals surface area contributed by atoms with E-state index in [-0.39, 0.29) is 11.3 Å². The molecule has 0 aromatic heterocycles. The molecule has 0 saturated carbocycles. The Balaban J connectivity index is 0.000000791. The third-order valence-electron chi connectivity index (χ3n) is 1.61. The number of hydrogen-bond acceptors (Lipinski definition) is 3. The van der Waals surface area contributed by atoms with Gasteiger partial charge in [-0.05, 0) is 18.6 Å². The van der Waals surface area contributed by atoms with Crippen LogP contribution in [0, 0.1) is 6.92 Å². The summed E-state index contributed by atoms with van der Waals surface area (Å²) in [5, 5.41) is 17.7. The van der Waals surface area contributed by atoms with Crippen LogP contribution in [0.1, 0.15) is 29.8 Å². The molecule has 0 heterocycles. The van der Waals surface area contributed by atoms with Crippen molar-refractivity contribution in [3.8, 4) is 5.75 Å². The summed E-state index contributed by atoms with van der Waals surface area (Å²) in [5.74, 6) is -1.46. The third-order valence-corrected chi connectivity index (χ3v) is 1.61. The van der Waals surface area contributed by atoms with Gasteiger partial charge in [-0.15, -0.1) is 0 Å². The number of aryl methyl sites for hydroxylation is 1. The number of aromatic carboxylic acids is 1. The van der Waals surface area contributed by atoms with Crippen LogP contribution >= 0.6 is 0 Å². The second-order valence-electron chi connectivity index (χ2n) is 2.53. The standard InChI is InChI=1S/C8H9NO3.C2H6/c1-4-2-5(8(11)12)7(10)3-6(4)9;1-2/h2-3,10H,9H2,1H3,(H,11,12);1-2H3. The van der Waals surface area contributed by atoms with Crippen LogP contribution in [0.25, 0.3) is 0 Å². The van der Waals surface area contributed by atoms with E-state index in [4.69, 9.17) is 15.9 Å². The molecule has 4 N–H and O–H groups in total. The zero-order chi connectivity index (χ0) is 11.3. The predicted octanol–water partition coefficient (Wildman–Crippen LogP) is 2.01. The molecule has 4 nitrogen and oxygen atoms in total. The number of benzene rings is 1. The molecule has 0 spiro atoms. The highest BCUT2D eigenvalue weighted by Gasteiger charge is 2.10. The number of carbonyl (C=O) groups is 1. The molecule has 4 heteroatoms. The molecule has 0 saturated heterocycles. The summed E-state index contributed by atoms with van der Waals surface area (Å²) < 4.78 is 0. The Morgan fingerprint density at radius 1 is 1.36 bits per heavy atom. The van der Waals surface area contributed by atoms with Crippen molar-refractivity contribution in [2.24, 2.45) is 0 Å². The molecular formula is C10H15NO3. The molecule has 1 aromatic rings. The Morgan fingerprint density at radius 2 is 1.86 bits per heavy atom. The van der Waals surface area contributed by atoms with Crippen molar-refractivity contribution in [3.63, 3.8) is 0 Å². The number of hydrogen-bond donors (Lipinski definition) is 3. The van der Waals surface area contributed by atoms with Crippen LogP contribution in [-0.2, 0) is 0 Å². The molecule has 0 aliphatic rings. The van der Waals surface area contributed by atoms with E-state index in [0.717, 1.165) is 0 Å². The van der Waals surface area contributed by atoms with Gasteiger partial charge in [0.25, 0.3) is 0 Å². The molecule has 0 atom stereocenters. The summed E-state index contributed by atoms with van der Waals surface area (Å²) in [6.45, 7) is 5.68. The fourth-order valence-electron chi connectivity index (χ4n) is 0.884. The molecule has 0 unspecified atom stereocenters. The zero-order valence-electron chi connectivity index (χ0n) is 8.53. The van der Waals surface area contributed by atoms with Crippen molar-refractivity contribution in [1.29, 1.82) is 0 Å². The molecule has 0 radical (unpaired) electrons. The van der Waals surface area contributed by atoms with E-state index in [1.807, 2.05) is 13.8 Å². The quantitative estimate of drug-likeness (QED) is 0.601. The van der Waals surface area contributed by atoms with E-state index in [0.29, 0.717) is 11.3 Å². The number of nitrogen functional groups attached to an aromatic ring is 1. The number of anilines is 1. The highest BCUT2D eigenvalue weighted by atomic mass is 16.4. The first-order valence-electron chi connectivity index (χ1n) is 4.34. The lowest BCUT2D eigenvalue weighted by atomic mass is 10.1. The Hall–Kier alpha value is -1.71. The number of carboxylic acids is 1. The van der Waals surface area contributed by atoms with Crippen LogP contribution in [0.4, 0.5) is 5.69 Å². The zero-order valence-corrected chi connectivity index (χ0v) is 8.53. The Labute approximate surface area is 83.0 Å². The van der Waals surface area contributed by atoms with Gasteiger partial charge in [0.15, 0.2) is 0 Å². The highest BCUT2D eigenvalue weighted by Crippen LogP contribution is 2.23. The minimum Gasteiger partial charge on any atom is -0.507 e. The van der Waals surface area contributed by atoms with E-state index < -0.39 is 5.97 Å². The fourth-order valence-corrected chi connectivity index (χ4v) is 0.884. The largest absolute Gasteiger partial charge is 0.507 e. The first-order chi connectivity index (χ1) is 6.52. The molecule has 0 bridgehead atoms. The average Bonchev–Trinajstić information content (AvgIpc) is 2.14. The molecule has 1 rings (SSSR count). The van der Waals surface area contributed by atoms with Gasteiger partial charge in [-0.2, -0.15) is 0 Å². The number of nitrogens with two attached hydrogens (primary N) is 1. The Bertz CT molecular complexity index is 334. The maximum absolute atomic E-state index is 10.5. The lowest BCUT2D eigenvalue weighted by molar-refractivity contribution is 0.0693. The maximum atomic E-state index is 10.5. The van der Waals surface area contributed by atoms with Gasteiger partial charge in [-0.25, -0.2) is 4.79 Å². The SMILES string of the molecule is CC.Cc1cc(C(=O)O)c(O)cc1N. The molecule has 0 amide bonds. The van der Waals surface area contributed by atoms with Crippen molar-refractivity contribution in [2.45, 2.75) is 20.8 Å². The monoisotopic (exact) mass is 197 g/mol. The van der Waals surface area contributed by atoms with Crippen molar-refractivity contribution in [1.82, 2.24) is 0 Å². The average molecular weight is 197 g/mol. The van der Waals surface area contributed by atoms with Crippen LogP contribution in [0.5, 0.6) is 5.75 Å². The van der Waals surface area contributed by atoms with Crippen molar-refractivity contribution in [2.75, 3.05) is 5.73 Å². The summed E-state index contributed by atoms with van der Waals surface area (Å²) >= 11 is 0. The Morgan fingerprint density at radius 3 is 2.29 bits per heavy atom. The minimum atomic E-state index is -1.16. The van der Waals surface area contributed by atoms with Gasteiger partial charge < -0.3 is 15.9 Å². The molecule has 1 aromatic carbocycles. The van der Waals surface area contributed by atoms with E-state index in [1.165, 1.54) is 12.1 Å². The summed E-state index contributed by atoms with van der Waals surface area (Å²) in [7, 11) is 0. The summed E-state index contributed by atoms with van der Waals surface area (Å²) in [6.07, 6.45) is 0. The van der Waals surface area contributed by atoms with Crippen molar-refractivity contribution < 1.29 is 15.0 Å². The normalized spacial score (nSPS) is 8.79. The number of carboxylic acid groups (broad SMARTS) is 1. The lowest BCUT2D eigenvalue weighted by Gasteiger charge is -2.03. The van der Waals surface area contributed by atoms with Gasteiger partial charge >= 0.3 is 5.97 Å². The second-order valence-corrected chi connectivity index (χ2v) is 2.53. The van der Waals surface area contributed by atoms with Gasteiger partial charge in [0.1, 0.15) is 11.3 Å². The number of phenols is 1. The molecule has 14 heavy (non-hydrogen) atoms. The van der Waals surface area contributed by atoms with Crippen LogP contribution in [0.3, 0.4) is 0 Å². The number of aromatic hydroxyl groups is 1. The molecule has 0 aliphatic carbocycles. The van der Waals surface area contributed by atoms with E-state index >= 15 is 0 Å². The molecule has 0 fully saturated rings. The highest BCUT2D eigenvalue weighted by molar-refractivity contribution is 5.91. The Kier molecular flexibility index (Phi) is 4.49. The maximum Gasteiger partial charge on any atom is 0.339 e. The predicted molar refractivity (Wildman–Crippen MR) is 55.6 cm³/mol. The van der Waals surface area contributed by atoms with Gasteiger partial charge in [0.2, 0.25) is 0 Å². The second kappa shape index (κ2) is 5.11. The van der Waals surface area contributed by atoms with Crippen molar-refractivity contribution in [3.05, 3.63) is 23.3 Å². The summed E-state index contributed by atoms with van der Waals surface area (Å²) in [6, 6.07) is 2.58. The topological polar surface area (TPSA) is 83.5 Å². The van der Waals surface area contributed by atoms with Gasteiger partial charge in [-0.3, -0.25) is 0 Å². The van der Waals surface area contributed by atoms with Gasteiger partial charge in [0.05, 0.1) is 0 Å². The third kappa shape index (κ3) is 2.65. The molecule has 0 aliphatic heterocycles. The first kappa shape index (κ1) is 12.3. The lowest BCUT2D eigenvalue weighted by Crippen LogP contribution is -1.99. The van der Waals surface area contributed by atoms with E-state index in [9.17, 15) is 4.79 Å². The van der Waals surface area contributed by atoms with E-state index in [1.54, 1.807) is 6.92 Å². The van der Waals surface area contributed by atoms with Gasteiger partial charge in [0, 0.05) is 11.8 Å². The van der Waals surface area contributed by atoms with E-state index in [2.05, 4.69) is 0 Å². The smallest absolute Gasteiger partial charge is 0.339 e. The number of rotatable bonds is 1. The first-order valence-corrected chi connectivity index (χ1v) is 4.34. The fraction of sp³-hybridized carbons (Fsp3) is 0.300. The van der Waals surface area contributed by atoms with Crippen LogP contribution in [-0.4, -0.2) is 16.2 Å². The van der Waals surface area contributed by atoms with Crippen LogP contribution in [0.2, 0.25) is 0 Å². The summed E-state index contributed by atoms with van der Waals surface area (Å²) in [4.78, 5) is 10.5. The minimum absolute atomic E-state index is 0.123.